The van der Waals surface area contributed by atoms with Crippen LogP contribution >= 0.6 is 0 Å². The molecule has 1 aliphatic heterocycles. The smallest absolute Gasteiger partial charge is 0.234 e. The van der Waals surface area contributed by atoms with Gasteiger partial charge in [-0.3, -0.25) is 9.69 Å². The number of carbonyl (C=O) groups excluding carboxylic acids is 1. The minimum Gasteiger partial charge on any atom is -0.376 e. The van der Waals surface area contributed by atoms with Gasteiger partial charge in [-0.15, -0.1) is 0 Å². The van der Waals surface area contributed by atoms with Gasteiger partial charge in [-0.2, -0.15) is 0 Å². The van der Waals surface area contributed by atoms with E-state index in [9.17, 15) is 4.79 Å². The lowest BCUT2D eigenvalue weighted by atomic mass is 10.2. The average Bonchev–Trinajstić information content (AvgIpc) is 2.85. The molecule has 1 heterocycles. The molecule has 1 unspecified atom stereocenters. The Hall–Kier alpha value is -0.610. The lowest BCUT2D eigenvalue weighted by molar-refractivity contribution is -0.122. The molecule has 0 aromatic rings. The predicted molar refractivity (Wildman–Crippen MR) is 69.0 cm³/mol. The fraction of sp³-hybridized carbons (Fsp3) is 0.923. The minimum absolute atomic E-state index is 0.124. The first-order chi connectivity index (χ1) is 8.26. The summed E-state index contributed by atoms with van der Waals surface area (Å²) in [6, 6.07) is 0. The van der Waals surface area contributed by atoms with E-state index in [1.807, 2.05) is 0 Å². The van der Waals surface area contributed by atoms with Crippen LogP contribution in [0.5, 0.6) is 0 Å². The van der Waals surface area contributed by atoms with E-state index in [1.54, 1.807) is 0 Å². The summed E-state index contributed by atoms with van der Waals surface area (Å²) < 4.78 is 5.47. The molecule has 1 fully saturated rings. The number of nitrogens with zero attached hydrogens (tertiary/aromatic N) is 1. The standard InChI is InChI=1S/C13H26N2O2/c1-3-5-8-15(4-2)11-13(16)14-10-12-7-6-9-17-12/h12H,3-11H2,1-2H3,(H,14,16). The Morgan fingerprint density at radius 3 is 2.88 bits per heavy atom. The van der Waals surface area contributed by atoms with E-state index in [2.05, 4.69) is 24.1 Å². The van der Waals surface area contributed by atoms with Gasteiger partial charge in [-0.25, -0.2) is 0 Å². The highest BCUT2D eigenvalue weighted by atomic mass is 16.5. The van der Waals surface area contributed by atoms with Crippen molar-refractivity contribution in [2.75, 3.05) is 32.8 Å². The van der Waals surface area contributed by atoms with Crippen LogP contribution in [-0.4, -0.2) is 49.7 Å². The third-order valence-corrected chi connectivity index (χ3v) is 3.19. The SMILES string of the molecule is CCCCN(CC)CC(=O)NCC1CCCO1. The predicted octanol–water partition coefficient (Wildman–Crippen LogP) is 1.40. The quantitative estimate of drug-likeness (QED) is 0.699. The van der Waals surface area contributed by atoms with Crippen molar-refractivity contribution in [1.82, 2.24) is 10.2 Å². The molecule has 100 valence electrons. The Balaban J connectivity index is 2.12. The summed E-state index contributed by atoms with van der Waals surface area (Å²) in [4.78, 5) is 13.9. The summed E-state index contributed by atoms with van der Waals surface area (Å²) in [6.07, 6.45) is 4.77. The fourth-order valence-electron chi connectivity index (χ4n) is 2.02. The monoisotopic (exact) mass is 242 g/mol. The van der Waals surface area contributed by atoms with E-state index < -0.39 is 0 Å². The fourth-order valence-corrected chi connectivity index (χ4v) is 2.02. The number of carbonyl (C=O) groups is 1. The highest BCUT2D eigenvalue weighted by Gasteiger charge is 2.16. The first kappa shape index (κ1) is 14.5. The van der Waals surface area contributed by atoms with Crippen LogP contribution in [-0.2, 0) is 9.53 Å². The van der Waals surface area contributed by atoms with Crippen LogP contribution in [0.4, 0.5) is 0 Å². The lowest BCUT2D eigenvalue weighted by Gasteiger charge is -2.20. The number of unbranched alkanes of at least 4 members (excludes halogenated alkanes) is 1. The van der Waals surface area contributed by atoms with Gasteiger partial charge >= 0.3 is 0 Å². The first-order valence-corrected chi connectivity index (χ1v) is 6.87. The second-order valence-electron chi connectivity index (χ2n) is 4.66. The zero-order chi connectivity index (χ0) is 12.5. The maximum atomic E-state index is 11.7. The summed E-state index contributed by atoms with van der Waals surface area (Å²) in [5.41, 5.74) is 0. The minimum atomic E-state index is 0.124. The van der Waals surface area contributed by atoms with E-state index in [4.69, 9.17) is 4.74 Å². The zero-order valence-electron chi connectivity index (χ0n) is 11.2. The molecule has 0 aromatic heterocycles. The first-order valence-electron chi connectivity index (χ1n) is 6.87. The summed E-state index contributed by atoms with van der Waals surface area (Å²) in [7, 11) is 0. The molecule has 1 amide bonds. The van der Waals surface area contributed by atoms with Gasteiger partial charge in [0.2, 0.25) is 5.91 Å². The molecule has 0 saturated carbocycles. The number of ether oxygens (including phenoxy) is 1. The molecule has 0 radical (unpaired) electrons. The molecule has 0 spiro atoms. The summed E-state index contributed by atoms with van der Waals surface area (Å²) in [6.45, 7) is 8.26. The van der Waals surface area contributed by atoms with Gasteiger partial charge in [-0.05, 0) is 32.4 Å². The molecule has 1 saturated heterocycles. The van der Waals surface area contributed by atoms with Crippen molar-refractivity contribution in [2.45, 2.75) is 45.6 Å². The van der Waals surface area contributed by atoms with Crippen molar-refractivity contribution in [1.29, 1.82) is 0 Å². The molecule has 1 N–H and O–H groups in total. The van der Waals surface area contributed by atoms with Crippen molar-refractivity contribution in [2.24, 2.45) is 0 Å². The molecule has 1 atom stereocenters. The van der Waals surface area contributed by atoms with Crippen molar-refractivity contribution >= 4 is 5.91 Å². The third kappa shape index (κ3) is 6.03. The second kappa shape index (κ2) is 8.48. The Kier molecular flexibility index (Phi) is 7.21. The summed E-state index contributed by atoms with van der Waals surface area (Å²) in [5, 5.41) is 2.96. The number of hydrogen-bond acceptors (Lipinski definition) is 3. The van der Waals surface area contributed by atoms with Gasteiger partial charge in [0.25, 0.3) is 0 Å². The van der Waals surface area contributed by atoms with Gasteiger partial charge in [0.15, 0.2) is 0 Å². The van der Waals surface area contributed by atoms with Crippen LogP contribution in [0.1, 0.15) is 39.5 Å². The zero-order valence-corrected chi connectivity index (χ0v) is 11.2. The van der Waals surface area contributed by atoms with Crippen molar-refractivity contribution < 1.29 is 9.53 Å². The van der Waals surface area contributed by atoms with Gasteiger partial charge in [0, 0.05) is 13.2 Å². The molecular weight excluding hydrogens is 216 g/mol. The summed E-state index contributed by atoms with van der Waals surface area (Å²) in [5.74, 6) is 0.124. The van der Waals surface area contributed by atoms with Gasteiger partial charge in [-0.1, -0.05) is 20.3 Å². The van der Waals surface area contributed by atoms with Gasteiger partial charge in [0.1, 0.15) is 0 Å². The Bertz CT molecular complexity index is 215. The molecule has 4 heteroatoms. The normalized spacial score (nSPS) is 19.8. The van der Waals surface area contributed by atoms with Crippen molar-refractivity contribution in [3.8, 4) is 0 Å². The number of rotatable bonds is 8. The van der Waals surface area contributed by atoms with Crippen molar-refractivity contribution in [3.63, 3.8) is 0 Å². The van der Waals surface area contributed by atoms with Crippen LogP contribution in [0, 0.1) is 0 Å². The second-order valence-corrected chi connectivity index (χ2v) is 4.66. The molecule has 0 aliphatic carbocycles. The van der Waals surface area contributed by atoms with Gasteiger partial charge < -0.3 is 10.1 Å². The van der Waals surface area contributed by atoms with Crippen LogP contribution in [0.2, 0.25) is 0 Å². The van der Waals surface area contributed by atoms with Crippen molar-refractivity contribution in [3.05, 3.63) is 0 Å². The van der Waals surface area contributed by atoms with Crippen LogP contribution in [0.3, 0.4) is 0 Å². The Labute approximate surface area is 105 Å². The van der Waals surface area contributed by atoms with Crippen LogP contribution < -0.4 is 5.32 Å². The summed E-state index contributed by atoms with van der Waals surface area (Å²) >= 11 is 0. The average molecular weight is 242 g/mol. The number of amides is 1. The molecular formula is C13H26N2O2. The van der Waals surface area contributed by atoms with E-state index in [1.165, 1.54) is 6.42 Å². The highest BCUT2D eigenvalue weighted by Crippen LogP contribution is 2.10. The van der Waals surface area contributed by atoms with Crippen LogP contribution in [0.25, 0.3) is 0 Å². The Morgan fingerprint density at radius 2 is 2.29 bits per heavy atom. The Morgan fingerprint density at radius 1 is 1.47 bits per heavy atom. The molecule has 0 bridgehead atoms. The molecule has 1 aliphatic rings. The number of hydrogen-bond donors (Lipinski definition) is 1. The highest BCUT2D eigenvalue weighted by molar-refractivity contribution is 5.78. The van der Waals surface area contributed by atoms with E-state index in [0.29, 0.717) is 13.1 Å². The molecule has 4 nitrogen and oxygen atoms in total. The third-order valence-electron chi connectivity index (χ3n) is 3.19. The van der Waals surface area contributed by atoms with Crippen LogP contribution in [0.15, 0.2) is 0 Å². The number of nitrogens with one attached hydrogen (secondary N) is 1. The van der Waals surface area contributed by atoms with Gasteiger partial charge in [0.05, 0.1) is 12.6 Å². The maximum Gasteiger partial charge on any atom is 0.234 e. The molecule has 0 aromatic carbocycles. The molecule has 17 heavy (non-hydrogen) atoms. The number of likely N-dealkylation sites (N-methyl/N-ethyl adjacent to an activating group) is 1. The van der Waals surface area contributed by atoms with E-state index >= 15 is 0 Å². The topological polar surface area (TPSA) is 41.6 Å². The largest absolute Gasteiger partial charge is 0.376 e. The van der Waals surface area contributed by atoms with E-state index in [0.717, 1.165) is 39.0 Å². The maximum absolute atomic E-state index is 11.7. The molecule has 1 rings (SSSR count). The lowest BCUT2D eigenvalue weighted by Crippen LogP contribution is -2.40. The van der Waals surface area contributed by atoms with E-state index in [-0.39, 0.29) is 12.0 Å².